The van der Waals surface area contributed by atoms with Crippen molar-refractivity contribution in [3.63, 3.8) is 0 Å². The molecule has 0 saturated carbocycles. The van der Waals surface area contributed by atoms with Crippen molar-refractivity contribution in [2.24, 2.45) is 5.92 Å². The molecule has 1 fully saturated rings. The van der Waals surface area contributed by atoms with E-state index in [9.17, 15) is 19.6 Å². The van der Waals surface area contributed by atoms with E-state index >= 15 is 0 Å². The monoisotopic (exact) mass is 410 g/mol. The van der Waals surface area contributed by atoms with Crippen molar-refractivity contribution in [3.8, 4) is 0 Å². The number of aliphatic hydroxyl groups excluding tert-OH is 2. The van der Waals surface area contributed by atoms with E-state index in [-0.39, 0.29) is 30.2 Å². The van der Waals surface area contributed by atoms with Crippen molar-refractivity contribution in [3.05, 3.63) is 0 Å². The van der Waals surface area contributed by atoms with E-state index < -0.39 is 34.0 Å². The van der Waals surface area contributed by atoms with Gasteiger partial charge in [-0.2, -0.15) is 0 Å². The molecule has 5 atom stereocenters. The Hall–Kier alpha value is 0.272. The second-order valence-corrected chi connectivity index (χ2v) is 14.9. The van der Waals surface area contributed by atoms with Gasteiger partial charge < -0.3 is 28.8 Å². The molecule has 1 heterocycles. The van der Waals surface area contributed by atoms with Gasteiger partial charge in [0.1, 0.15) is 14.0 Å². The first kappa shape index (κ1) is 24.3. The molecule has 0 aromatic heterocycles. The largest absolute Gasteiger partial charge is 0.432 e. The second kappa shape index (κ2) is 9.18. The van der Waals surface area contributed by atoms with Crippen LogP contribution in [0.15, 0.2) is 0 Å². The highest BCUT2D eigenvalue weighted by Crippen LogP contribution is 2.54. The first-order valence-electron chi connectivity index (χ1n) is 9.41. The molecule has 0 radical (unpaired) electrons. The highest BCUT2D eigenvalue weighted by atomic mass is 31.2. The van der Waals surface area contributed by atoms with Gasteiger partial charge in [0.15, 0.2) is 14.2 Å². The van der Waals surface area contributed by atoms with E-state index in [1.807, 2.05) is 20.9 Å². The SMILES string of the molecule is B[C@@H]1O[C@H](C(O)C(O)P(=O)(OCC)OCC)C[C@@H]1CC(C)(C)[Si](C)(C)O. The predicted octanol–water partition coefficient (Wildman–Crippen LogP) is 1.66. The van der Waals surface area contributed by atoms with Gasteiger partial charge in [-0.1, -0.05) is 13.8 Å². The summed E-state index contributed by atoms with van der Waals surface area (Å²) >= 11 is 0. The van der Waals surface area contributed by atoms with Gasteiger partial charge in [-0.25, -0.2) is 0 Å². The van der Waals surface area contributed by atoms with Crippen molar-refractivity contribution >= 4 is 23.8 Å². The van der Waals surface area contributed by atoms with Crippen molar-refractivity contribution in [2.45, 2.75) is 82.7 Å². The highest BCUT2D eigenvalue weighted by molar-refractivity contribution is 7.54. The fraction of sp³-hybridized carbons (Fsp3) is 1.00. The average molecular weight is 410 g/mol. The second-order valence-electron chi connectivity index (χ2n) is 8.30. The Labute approximate surface area is 159 Å². The summed E-state index contributed by atoms with van der Waals surface area (Å²) < 4.78 is 28.8. The Bertz CT molecular complexity index is 489. The van der Waals surface area contributed by atoms with Crippen LogP contribution in [0.5, 0.6) is 0 Å². The molecule has 3 N–H and O–H groups in total. The lowest BCUT2D eigenvalue weighted by Crippen LogP contribution is -2.41. The lowest BCUT2D eigenvalue weighted by Gasteiger charge is -2.37. The molecule has 0 amide bonds. The molecule has 26 heavy (non-hydrogen) atoms. The summed E-state index contributed by atoms with van der Waals surface area (Å²) in [5.74, 6) is -1.52. The summed E-state index contributed by atoms with van der Waals surface area (Å²) in [5.41, 5.74) is 0. The maximum atomic E-state index is 12.7. The molecule has 7 nitrogen and oxygen atoms in total. The maximum absolute atomic E-state index is 12.7. The third-order valence-corrected chi connectivity index (χ3v) is 11.4. The van der Waals surface area contributed by atoms with E-state index in [1.54, 1.807) is 13.8 Å². The first-order valence-corrected chi connectivity index (χ1v) is 14.0. The minimum Gasteiger partial charge on any atom is -0.432 e. The quantitative estimate of drug-likeness (QED) is 0.372. The molecule has 154 valence electrons. The minimum absolute atomic E-state index is 0.107. The Balaban J connectivity index is 2.84. The van der Waals surface area contributed by atoms with Crippen molar-refractivity contribution < 1.29 is 33.4 Å². The van der Waals surface area contributed by atoms with E-state index in [1.165, 1.54) is 0 Å². The van der Waals surface area contributed by atoms with Gasteiger partial charge >= 0.3 is 7.60 Å². The fourth-order valence-electron chi connectivity index (χ4n) is 3.24. The smallest absolute Gasteiger partial charge is 0.361 e. The minimum atomic E-state index is -3.83. The van der Waals surface area contributed by atoms with Gasteiger partial charge in [-0.05, 0) is 50.7 Å². The summed E-state index contributed by atoms with van der Waals surface area (Å²) in [6.07, 6.45) is -0.740. The topological polar surface area (TPSA) is 105 Å². The first-order chi connectivity index (χ1) is 11.8. The van der Waals surface area contributed by atoms with Gasteiger partial charge in [0.05, 0.1) is 19.3 Å². The Morgan fingerprint density at radius 2 is 1.77 bits per heavy atom. The fourth-order valence-corrected chi connectivity index (χ4v) is 5.66. The molecule has 2 unspecified atom stereocenters. The van der Waals surface area contributed by atoms with E-state index in [2.05, 4.69) is 13.8 Å². The van der Waals surface area contributed by atoms with Crippen LogP contribution in [0.4, 0.5) is 0 Å². The molecule has 1 aliphatic rings. The highest BCUT2D eigenvalue weighted by Gasteiger charge is 2.48. The summed E-state index contributed by atoms with van der Waals surface area (Å²) in [5, 5.41) is 20.8. The molecule has 0 aliphatic carbocycles. The molecule has 0 aromatic carbocycles. The molecule has 0 aromatic rings. The number of hydrogen-bond acceptors (Lipinski definition) is 7. The van der Waals surface area contributed by atoms with E-state index in [4.69, 9.17) is 13.8 Å². The van der Waals surface area contributed by atoms with Crippen LogP contribution in [-0.2, 0) is 18.3 Å². The third-order valence-electron chi connectivity index (χ3n) is 5.65. The summed E-state index contributed by atoms with van der Waals surface area (Å²) in [7, 11) is -4.26. The lowest BCUT2D eigenvalue weighted by atomic mass is 9.80. The molecule has 0 spiro atoms. The molecular weight excluding hydrogens is 374 g/mol. The zero-order valence-corrected chi connectivity index (χ0v) is 19.0. The van der Waals surface area contributed by atoms with Gasteiger partial charge in [0, 0.05) is 6.00 Å². The zero-order valence-electron chi connectivity index (χ0n) is 17.1. The number of ether oxygens (including phenoxy) is 1. The van der Waals surface area contributed by atoms with Gasteiger partial charge in [-0.3, -0.25) is 4.57 Å². The van der Waals surface area contributed by atoms with Gasteiger partial charge in [-0.15, -0.1) is 0 Å². The predicted molar refractivity (Wildman–Crippen MR) is 107 cm³/mol. The Morgan fingerprint density at radius 3 is 2.19 bits per heavy atom. The third kappa shape index (κ3) is 5.64. The maximum Gasteiger partial charge on any atom is 0.361 e. The normalized spacial score (nSPS) is 27.5. The van der Waals surface area contributed by atoms with Crippen LogP contribution in [0.25, 0.3) is 0 Å². The number of aliphatic hydroxyl groups is 2. The van der Waals surface area contributed by atoms with Crippen LogP contribution in [-0.4, -0.2) is 68.4 Å². The molecule has 1 rings (SSSR count). The summed E-state index contributed by atoms with van der Waals surface area (Å²) in [6, 6.07) is -0.129. The molecule has 1 aliphatic heterocycles. The molecule has 10 heteroatoms. The van der Waals surface area contributed by atoms with Crippen LogP contribution in [0.2, 0.25) is 18.1 Å². The summed E-state index contributed by atoms with van der Waals surface area (Å²) in [6.45, 7) is 11.5. The molecule has 0 bridgehead atoms. The van der Waals surface area contributed by atoms with Crippen molar-refractivity contribution in [1.29, 1.82) is 0 Å². The molecular formula is C16H36BO7PSi. The van der Waals surface area contributed by atoms with Crippen molar-refractivity contribution in [2.75, 3.05) is 13.2 Å². The van der Waals surface area contributed by atoms with Crippen LogP contribution in [0, 0.1) is 5.92 Å². The number of hydrogen-bond donors (Lipinski definition) is 3. The Morgan fingerprint density at radius 1 is 1.27 bits per heavy atom. The Kier molecular flexibility index (Phi) is 8.58. The molecule has 1 saturated heterocycles. The summed E-state index contributed by atoms with van der Waals surface area (Å²) in [4.78, 5) is 10.5. The zero-order chi connectivity index (χ0) is 20.3. The van der Waals surface area contributed by atoms with E-state index in [0.29, 0.717) is 6.42 Å². The number of rotatable bonds is 10. The van der Waals surface area contributed by atoms with Gasteiger partial charge in [0.25, 0.3) is 0 Å². The van der Waals surface area contributed by atoms with E-state index in [0.717, 1.165) is 6.42 Å². The lowest BCUT2D eigenvalue weighted by molar-refractivity contribution is -0.0580. The van der Waals surface area contributed by atoms with Crippen molar-refractivity contribution in [1.82, 2.24) is 0 Å². The van der Waals surface area contributed by atoms with Gasteiger partial charge in [0.2, 0.25) is 0 Å². The van der Waals surface area contributed by atoms with Crippen LogP contribution >= 0.6 is 7.60 Å². The van der Waals surface area contributed by atoms with Crippen LogP contribution < -0.4 is 0 Å². The average Bonchev–Trinajstić information content (AvgIpc) is 2.85. The standard InChI is InChI=1S/C16H36BO7PSi/c1-7-22-25(20,23-8-2)15(19)13(18)12-9-11(14(17)24-12)10-16(3,4)26(5,6)21/h11-15,18-19,21H,7-10,17H2,1-6H3/t11-,12+,13?,14-,15?/m1/s1. The van der Waals surface area contributed by atoms with Crippen LogP contribution in [0.1, 0.15) is 40.5 Å². The van der Waals surface area contributed by atoms with Crippen LogP contribution in [0.3, 0.4) is 0 Å².